The largest absolute Gasteiger partial charge is 0.328 e. The fraction of sp³-hybridized carbons (Fsp3) is 0.526. The Morgan fingerprint density at radius 1 is 1.25 bits per heavy atom. The maximum absolute atomic E-state index is 12.9. The van der Waals surface area contributed by atoms with Gasteiger partial charge in [0.05, 0.1) is 17.1 Å². The topological polar surface area (TPSA) is 46.1 Å². The molecule has 5 heteroatoms. The first kappa shape index (κ1) is 15.8. The van der Waals surface area contributed by atoms with Crippen LogP contribution < -0.4 is 0 Å². The Morgan fingerprint density at radius 2 is 2.08 bits per heavy atom. The molecule has 0 N–H and O–H groups in total. The van der Waals surface area contributed by atoms with E-state index in [4.69, 9.17) is 0 Å². The molecule has 0 saturated carbocycles. The van der Waals surface area contributed by atoms with E-state index in [0.717, 1.165) is 41.2 Å². The van der Waals surface area contributed by atoms with E-state index in [1.54, 1.807) is 11.3 Å². The highest BCUT2D eigenvalue weighted by Gasteiger charge is 2.28. The van der Waals surface area contributed by atoms with Gasteiger partial charge in [-0.15, -0.1) is 11.3 Å². The minimum absolute atomic E-state index is 0.151. The van der Waals surface area contributed by atoms with Crippen LogP contribution in [0.25, 0.3) is 0 Å². The number of nitrogens with zero attached hydrogens (tertiary/aromatic N) is 3. The lowest BCUT2D eigenvalue weighted by atomic mass is 9.99. The Hall–Kier alpha value is -1.75. The lowest BCUT2D eigenvalue weighted by Crippen LogP contribution is -2.24. The van der Waals surface area contributed by atoms with E-state index in [1.807, 2.05) is 11.1 Å². The number of thiophene rings is 1. The third-order valence-electron chi connectivity index (χ3n) is 4.79. The second-order valence-corrected chi connectivity index (χ2v) is 8.42. The highest BCUT2D eigenvalue weighted by molar-refractivity contribution is 7.14. The summed E-state index contributed by atoms with van der Waals surface area (Å²) < 4.78 is 0. The van der Waals surface area contributed by atoms with Gasteiger partial charge in [0.15, 0.2) is 0 Å². The van der Waals surface area contributed by atoms with Crippen molar-refractivity contribution in [2.24, 2.45) is 5.92 Å². The van der Waals surface area contributed by atoms with Gasteiger partial charge in [-0.1, -0.05) is 13.8 Å². The van der Waals surface area contributed by atoms with Crippen LogP contribution in [0.2, 0.25) is 0 Å². The van der Waals surface area contributed by atoms with Crippen molar-refractivity contribution in [2.75, 3.05) is 0 Å². The fourth-order valence-electron chi connectivity index (χ4n) is 3.55. The summed E-state index contributed by atoms with van der Waals surface area (Å²) >= 11 is 1.69. The smallest absolute Gasteiger partial charge is 0.264 e. The first-order chi connectivity index (χ1) is 11.6. The van der Waals surface area contributed by atoms with Gasteiger partial charge >= 0.3 is 0 Å². The van der Waals surface area contributed by atoms with Gasteiger partial charge in [0.25, 0.3) is 5.91 Å². The molecule has 2 aliphatic rings. The van der Waals surface area contributed by atoms with Crippen LogP contribution in [0.5, 0.6) is 0 Å². The van der Waals surface area contributed by atoms with Gasteiger partial charge in [0.1, 0.15) is 5.82 Å². The average molecular weight is 341 g/mol. The summed E-state index contributed by atoms with van der Waals surface area (Å²) in [6, 6.07) is 2.13. The minimum atomic E-state index is 0.151. The molecule has 1 amide bonds. The number of aromatic nitrogens is 2. The number of amides is 1. The van der Waals surface area contributed by atoms with Crippen LogP contribution in [0.4, 0.5) is 0 Å². The van der Waals surface area contributed by atoms with Crippen molar-refractivity contribution in [3.8, 4) is 0 Å². The highest BCUT2D eigenvalue weighted by atomic mass is 32.1. The number of rotatable bonds is 3. The van der Waals surface area contributed by atoms with Crippen LogP contribution in [-0.4, -0.2) is 20.8 Å². The van der Waals surface area contributed by atoms with Crippen LogP contribution in [-0.2, 0) is 32.4 Å². The lowest BCUT2D eigenvalue weighted by Gasteiger charge is -2.13. The summed E-state index contributed by atoms with van der Waals surface area (Å²) in [5.74, 6) is 1.59. The number of carbonyl (C=O) groups excluding carboxylic acids is 1. The molecule has 1 aliphatic heterocycles. The molecule has 2 aromatic heterocycles. The van der Waals surface area contributed by atoms with E-state index in [-0.39, 0.29) is 5.91 Å². The second kappa shape index (κ2) is 6.28. The maximum atomic E-state index is 12.9. The Balaban J connectivity index is 1.51. The Bertz CT molecular complexity index is 757. The van der Waals surface area contributed by atoms with E-state index in [2.05, 4.69) is 29.9 Å². The van der Waals surface area contributed by atoms with Crippen molar-refractivity contribution < 1.29 is 4.79 Å². The Morgan fingerprint density at radius 3 is 2.88 bits per heavy atom. The molecule has 0 radical (unpaired) electrons. The lowest BCUT2D eigenvalue weighted by molar-refractivity contribution is 0.0755. The molecule has 0 aromatic carbocycles. The molecule has 4 nitrogen and oxygen atoms in total. The van der Waals surface area contributed by atoms with E-state index in [9.17, 15) is 4.79 Å². The van der Waals surface area contributed by atoms with Crippen LogP contribution >= 0.6 is 11.3 Å². The first-order valence-electron chi connectivity index (χ1n) is 8.84. The number of aryl methyl sites for hydroxylation is 2. The fourth-order valence-corrected chi connectivity index (χ4v) is 4.78. The van der Waals surface area contributed by atoms with Gasteiger partial charge in [-0.05, 0) is 43.2 Å². The van der Waals surface area contributed by atoms with Crippen molar-refractivity contribution in [3.63, 3.8) is 0 Å². The van der Waals surface area contributed by atoms with E-state index in [0.29, 0.717) is 19.0 Å². The monoisotopic (exact) mass is 341 g/mol. The minimum Gasteiger partial charge on any atom is -0.328 e. The van der Waals surface area contributed by atoms with Gasteiger partial charge < -0.3 is 4.90 Å². The Kier molecular flexibility index (Phi) is 4.12. The molecule has 3 heterocycles. The molecule has 1 aliphatic carbocycles. The van der Waals surface area contributed by atoms with Crippen LogP contribution in [0, 0.1) is 5.92 Å². The summed E-state index contributed by atoms with van der Waals surface area (Å²) in [4.78, 5) is 26.3. The van der Waals surface area contributed by atoms with E-state index < -0.39 is 0 Å². The molecule has 0 bridgehead atoms. The van der Waals surface area contributed by atoms with Crippen molar-refractivity contribution in [3.05, 3.63) is 44.7 Å². The van der Waals surface area contributed by atoms with E-state index in [1.165, 1.54) is 23.3 Å². The predicted octanol–water partition coefficient (Wildman–Crippen LogP) is 3.77. The van der Waals surface area contributed by atoms with Gasteiger partial charge in [0.2, 0.25) is 0 Å². The summed E-state index contributed by atoms with van der Waals surface area (Å²) in [5, 5.41) is 0. The number of hydrogen-bond acceptors (Lipinski definition) is 4. The summed E-state index contributed by atoms with van der Waals surface area (Å²) in [6.45, 7) is 5.60. The number of hydrogen-bond donors (Lipinski definition) is 0. The molecule has 2 aromatic rings. The number of carbonyl (C=O) groups is 1. The summed E-state index contributed by atoms with van der Waals surface area (Å²) in [5.41, 5.74) is 3.51. The summed E-state index contributed by atoms with van der Waals surface area (Å²) in [7, 11) is 0. The third-order valence-corrected chi connectivity index (χ3v) is 6.02. The number of fused-ring (bicyclic) bond motifs is 2. The SMILES string of the molecule is CC(C)Cc1ncc2c(n1)CN(C(=O)c1cc3c(s1)CCCC3)C2. The molecule has 126 valence electrons. The van der Waals surface area contributed by atoms with Crippen molar-refractivity contribution in [1.82, 2.24) is 14.9 Å². The van der Waals surface area contributed by atoms with Gasteiger partial charge in [0, 0.05) is 29.6 Å². The third kappa shape index (κ3) is 2.97. The van der Waals surface area contributed by atoms with Gasteiger partial charge in [-0.2, -0.15) is 0 Å². The molecule has 0 atom stereocenters. The van der Waals surface area contributed by atoms with Crippen LogP contribution in [0.1, 0.15) is 63.9 Å². The molecular formula is C19H23N3OS. The highest BCUT2D eigenvalue weighted by Crippen LogP contribution is 2.32. The van der Waals surface area contributed by atoms with Gasteiger partial charge in [-0.25, -0.2) is 9.97 Å². The molecule has 0 saturated heterocycles. The summed E-state index contributed by atoms with van der Waals surface area (Å²) in [6.07, 6.45) is 7.57. The zero-order chi connectivity index (χ0) is 16.7. The predicted molar refractivity (Wildman–Crippen MR) is 95.1 cm³/mol. The van der Waals surface area contributed by atoms with Crippen LogP contribution in [0.15, 0.2) is 12.3 Å². The standard InChI is InChI=1S/C19H23N3OS/c1-12(2)7-18-20-9-14-10-22(11-15(14)21-18)19(23)17-8-13-5-3-4-6-16(13)24-17/h8-9,12H,3-7,10-11H2,1-2H3. The van der Waals surface area contributed by atoms with Gasteiger partial charge in [-0.3, -0.25) is 4.79 Å². The molecule has 24 heavy (non-hydrogen) atoms. The van der Waals surface area contributed by atoms with Crippen molar-refractivity contribution in [1.29, 1.82) is 0 Å². The van der Waals surface area contributed by atoms with Crippen molar-refractivity contribution >= 4 is 17.2 Å². The van der Waals surface area contributed by atoms with Crippen molar-refractivity contribution in [2.45, 2.75) is 59.0 Å². The zero-order valence-corrected chi connectivity index (χ0v) is 15.2. The maximum Gasteiger partial charge on any atom is 0.264 e. The van der Waals surface area contributed by atoms with E-state index >= 15 is 0 Å². The molecule has 4 rings (SSSR count). The zero-order valence-electron chi connectivity index (χ0n) is 14.3. The average Bonchev–Trinajstić information content (AvgIpc) is 3.16. The Labute approximate surface area is 146 Å². The second-order valence-electron chi connectivity index (χ2n) is 7.28. The molecule has 0 fully saturated rings. The molecule has 0 spiro atoms. The van der Waals surface area contributed by atoms with Crippen LogP contribution in [0.3, 0.4) is 0 Å². The first-order valence-corrected chi connectivity index (χ1v) is 9.66. The normalized spacial score (nSPS) is 16.4. The molecule has 0 unspecified atom stereocenters. The molecular weight excluding hydrogens is 318 g/mol. The quantitative estimate of drug-likeness (QED) is 0.854.